The maximum absolute atomic E-state index is 8.37. The van der Waals surface area contributed by atoms with Gasteiger partial charge in [-0.25, -0.2) is 0 Å². The summed E-state index contributed by atoms with van der Waals surface area (Å²) < 4.78 is 0. The van der Waals surface area contributed by atoms with E-state index in [9.17, 15) is 0 Å². The summed E-state index contributed by atoms with van der Waals surface area (Å²) in [6.07, 6.45) is -2.45. The normalized spacial score (nSPS) is 11.4. The number of hydrogen-bond donors (Lipinski definition) is 4. The Morgan fingerprint density at radius 3 is 1.30 bits per heavy atom. The first kappa shape index (κ1) is 10.9. The molecule has 0 aliphatic heterocycles. The molecule has 0 aromatic heterocycles. The first-order chi connectivity index (χ1) is 4.63. The van der Waals surface area contributed by atoms with Crippen LogP contribution in [0.1, 0.15) is 0 Å². The molecule has 4 N–H and O–H groups in total. The zero-order valence-electron chi connectivity index (χ0n) is 5.17. The van der Waals surface area contributed by atoms with Crippen molar-refractivity contribution in [1.82, 2.24) is 0 Å². The van der Waals surface area contributed by atoms with E-state index >= 15 is 0 Å². The summed E-state index contributed by atoms with van der Waals surface area (Å²) in [7, 11) is 0. The van der Waals surface area contributed by atoms with Gasteiger partial charge in [-0.3, -0.25) is 0 Å². The van der Waals surface area contributed by atoms with Gasteiger partial charge in [0.25, 0.3) is 0 Å². The Balaban J connectivity index is 2.91. The van der Waals surface area contributed by atoms with E-state index in [1.807, 2.05) is 0 Å². The molecule has 0 aliphatic carbocycles. The minimum absolute atomic E-state index is 0.172. The van der Waals surface area contributed by atoms with Gasteiger partial charge in [-0.15, -0.1) is 0 Å². The molecule has 0 atom stereocenters. The average molecular weight is 280 g/mol. The van der Waals surface area contributed by atoms with Gasteiger partial charge in [0.05, 0.1) is 0 Å². The first-order valence-electron chi connectivity index (χ1n) is 2.59. The van der Waals surface area contributed by atoms with Crippen molar-refractivity contribution in [3.05, 3.63) is 0 Å². The van der Waals surface area contributed by atoms with Gasteiger partial charge in [-0.1, -0.05) is 0 Å². The Labute approximate surface area is 70.1 Å². The Morgan fingerprint density at radius 2 is 1.10 bits per heavy atom. The topological polar surface area (TPSA) is 80.9 Å². The molecule has 4 nitrogen and oxygen atoms in total. The second-order valence-electron chi connectivity index (χ2n) is 1.53. The van der Waals surface area contributed by atoms with Crippen LogP contribution < -0.4 is 0 Å². The van der Waals surface area contributed by atoms with Crippen LogP contribution in [0.5, 0.6) is 0 Å². The van der Waals surface area contributed by atoms with Gasteiger partial charge >= 0.3 is 69.9 Å². The zero-order chi connectivity index (χ0) is 7.98. The average Bonchev–Trinajstić information content (AvgIpc) is 1.79. The molecule has 0 amide bonds. The SMILES string of the molecule is OC(O)C[Se][Se]CC(O)O. The molecule has 62 valence electrons. The molecule has 0 saturated carbocycles. The number of aliphatic hydroxyl groups excluding tert-OH is 2. The van der Waals surface area contributed by atoms with Gasteiger partial charge in [0.1, 0.15) is 0 Å². The van der Waals surface area contributed by atoms with Crippen molar-refractivity contribution in [2.24, 2.45) is 0 Å². The fraction of sp³-hybridized carbons (Fsp3) is 1.00. The predicted molar refractivity (Wildman–Crippen MR) is 37.6 cm³/mol. The second kappa shape index (κ2) is 6.58. The third-order valence-electron chi connectivity index (χ3n) is 0.518. The third kappa shape index (κ3) is 8.88. The first-order valence-corrected chi connectivity index (χ1v) is 9.35. The van der Waals surface area contributed by atoms with Crippen molar-refractivity contribution in [3.8, 4) is 0 Å². The summed E-state index contributed by atoms with van der Waals surface area (Å²) in [5, 5.41) is 34.3. The van der Waals surface area contributed by atoms with Crippen molar-refractivity contribution in [3.63, 3.8) is 0 Å². The van der Waals surface area contributed by atoms with Crippen LogP contribution in [-0.4, -0.2) is 59.3 Å². The molecular formula is C4H10O4Se2. The summed E-state index contributed by atoms with van der Waals surface area (Å²) in [5.74, 6) is 0. The van der Waals surface area contributed by atoms with E-state index in [-0.39, 0.29) is 26.3 Å². The van der Waals surface area contributed by atoms with Crippen LogP contribution in [0, 0.1) is 0 Å². The number of hydrogen-bond acceptors (Lipinski definition) is 4. The Bertz CT molecular complexity index is 67.7. The van der Waals surface area contributed by atoms with Crippen LogP contribution >= 0.6 is 0 Å². The molecule has 10 heavy (non-hydrogen) atoms. The van der Waals surface area contributed by atoms with E-state index in [4.69, 9.17) is 20.4 Å². The Morgan fingerprint density at radius 1 is 0.800 bits per heavy atom. The zero-order valence-corrected chi connectivity index (χ0v) is 8.60. The molecule has 6 heteroatoms. The predicted octanol–water partition coefficient (Wildman–Crippen LogP) is -2.23. The van der Waals surface area contributed by atoms with Crippen LogP contribution in [0.2, 0.25) is 10.6 Å². The van der Waals surface area contributed by atoms with E-state index < -0.39 is 12.6 Å². The summed E-state index contributed by atoms with van der Waals surface area (Å²) in [5.41, 5.74) is 0. The van der Waals surface area contributed by atoms with Gasteiger partial charge in [0, 0.05) is 0 Å². The summed E-state index contributed by atoms with van der Waals surface area (Å²) in [6, 6.07) is 0. The third-order valence-corrected chi connectivity index (χ3v) is 7.47. The minimum atomic E-state index is -1.22. The molecule has 0 saturated heterocycles. The van der Waals surface area contributed by atoms with Crippen LogP contribution in [0.25, 0.3) is 0 Å². The molecule has 0 radical (unpaired) electrons. The van der Waals surface area contributed by atoms with Crippen molar-refractivity contribution in [1.29, 1.82) is 0 Å². The van der Waals surface area contributed by atoms with E-state index in [1.54, 1.807) is 0 Å². The van der Waals surface area contributed by atoms with E-state index in [2.05, 4.69) is 0 Å². The summed E-state index contributed by atoms with van der Waals surface area (Å²) in [4.78, 5) is 0. The Kier molecular flexibility index (Phi) is 7.16. The molecule has 0 heterocycles. The van der Waals surface area contributed by atoms with E-state index in [0.29, 0.717) is 10.6 Å². The molecular weight excluding hydrogens is 270 g/mol. The summed E-state index contributed by atoms with van der Waals surface area (Å²) in [6.45, 7) is 0. The van der Waals surface area contributed by atoms with Crippen LogP contribution in [-0.2, 0) is 0 Å². The summed E-state index contributed by atoms with van der Waals surface area (Å²) >= 11 is 0.343. The fourth-order valence-corrected chi connectivity index (χ4v) is 5.88. The van der Waals surface area contributed by atoms with Crippen molar-refractivity contribution in [2.75, 3.05) is 0 Å². The number of aliphatic hydroxyl groups is 4. The van der Waals surface area contributed by atoms with Crippen molar-refractivity contribution >= 4 is 26.3 Å². The molecule has 0 bridgehead atoms. The number of rotatable bonds is 5. The molecule has 0 unspecified atom stereocenters. The van der Waals surface area contributed by atoms with Gasteiger partial charge in [0.2, 0.25) is 0 Å². The molecule has 0 aliphatic rings. The van der Waals surface area contributed by atoms with Crippen LogP contribution in [0.4, 0.5) is 0 Å². The van der Waals surface area contributed by atoms with Gasteiger partial charge in [0.15, 0.2) is 0 Å². The molecule has 0 aromatic rings. The fourth-order valence-electron chi connectivity index (χ4n) is 0.218. The van der Waals surface area contributed by atoms with Crippen molar-refractivity contribution < 1.29 is 20.4 Å². The molecule has 0 rings (SSSR count). The quantitative estimate of drug-likeness (QED) is 0.261. The van der Waals surface area contributed by atoms with Gasteiger partial charge in [-0.05, 0) is 0 Å². The maximum atomic E-state index is 8.37. The van der Waals surface area contributed by atoms with Crippen LogP contribution in [0.3, 0.4) is 0 Å². The van der Waals surface area contributed by atoms with E-state index in [1.165, 1.54) is 0 Å². The molecule has 0 spiro atoms. The molecule has 0 fully saturated rings. The van der Waals surface area contributed by atoms with Crippen LogP contribution in [0.15, 0.2) is 0 Å². The Hall–Kier alpha value is 0.879. The second-order valence-corrected chi connectivity index (χ2v) is 9.06. The standard InChI is InChI=1S/C4H10O4Se2/c5-3(6)1-9-10-2-4(7)8/h3-8H,1-2H2. The van der Waals surface area contributed by atoms with Gasteiger partial charge < -0.3 is 0 Å². The molecule has 0 aromatic carbocycles. The monoisotopic (exact) mass is 282 g/mol. The van der Waals surface area contributed by atoms with Crippen molar-refractivity contribution in [2.45, 2.75) is 23.2 Å². The van der Waals surface area contributed by atoms with Gasteiger partial charge in [-0.2, -0.15) is 0 Å². The van der Waals surface area contributed by atoms with E-state index in [0.717, 1.165) is 0 Å².